The fourth-order valence-corrected chi connectivity index (χ4v) is 4.46. The maximum absolute atomic E-state index is 13.6. The van der Waals surface area contributed by atoms with Crippen molar-refractivity contribution >= 4 is 5.91 Å². The molecule has 3 aromatic rings. The van der Waals surface area contributed by atoms with Gasteiger partial charge in [-0.15, -0.1) is 0 Å². The molecule has 1 aliphatic heterocycles. The number of benzene rings is 2. The monoisotopic (exact) mass is 482 g/mol. The molecular weight excluding hydrogens is 450 g/mol. The van der Waals surface area contributed by atoms with Crippen LogP contribution in [0.15, 0.2) is 48.5 Å². The predicted octanol–water partition coefficient (Wildman–Crippen LogP) is 4.34. The van der Waals surface area contributed by atoms with Crippen LogP contribution in [-0.4, -0.2) is 52.3 Å². The van der Waals surface area contributed by atoms with Crippen LogP contribution in [-0.2, 0) is 35.6 Å². The van der Waals surface area contributed by atoms with Gasteiger partial charge in [-0.25, -0.2) is 13.5 Å². The zero-order chi connectivity index (χ0) is 24.9. The van der Waals surface area contributed by atoms with Gasteiger partial charge in [0.25, 0.3) is 0 Å². The van der Waals surface area contributed by atoms with Gasteiger partial charge in [-0.05, 0) is 42.0 Å². The molecule has 1 amide bonds. The van der Waals surface area contributed by atoms with E-state index in [1.807, 2.05) is 30.7 Å². The Morgan fingerprint density at radius 1 is 1.09 bits per heavy atom. The van der Waals surface area contributed by atoms with Gasteiger partial charge in [0.2, 0.25) is 5.91 Å². The molecule has 1 aromatic heterocycles. The van der Waals surface area contributed by atoms with Crippen LogP contribution in [0.25, 0.3) is 5.69 Å². The minimum atomic E-state index is -0.297. The highest BCUT2D eigenvalue weighted by molar-refractivity contribution is 5.78. The summed E-state index contributed by atoms with van der Waals surface area (Å²) in [6, 6.07) is 12.9. The van der Waals surface area contributed by atoms with Gasteiger partial charge in [0.05, 0.1) is 30.2 Å². The van der Waals surface area contributed by atoms with E-state index in [0.29, 0.717) is 32.8 Å². The molecule has 186 valence electrons. The van der Waals surface area contributed by atoms with Gasteiger partial charge in [0, 0.05) is 51.2 Å². The number of hydrogen-bond donors (Lipinski definition) is 0. The normalized spacial score (nSPS) is 13.8. The van der Waals surface area contributed by atoms with Crippen molar-refractivity contribution in [1.82, 2.24) is 19.6 Å². The van der Waals surface area contributed by atoms with E-state index < -0.39 is 0 Å². The third kappa shape index (κ3) is 5.94. The van der Waals surface area contributed by atoms with E-state index in [1.54, 1.807) is 24.1 Å². The third-order valence-electron chi connectivity index (χ3n) is 6.32. The molecule has 0 spiro atoms. The topological polar surface area (TPSA) is 50.6 Å². The lowest BCUT2D eigenvalue weighted by atomic mass is 10.0. The Hall–Kier alpha value is -3.10. The van der Waals surface area contributed by atoms with Gasteiger partial charge < -0.3 is 9.64 Å². The fraction of sp³-hybridized carbons (Fsp3) is 0.407. The lowest BCUT2D eigenvalue weighted by Gasteiger charge is -2.29. The summed E-state index contributed by atoms with van der Waals surface area (Å²) in [5.74, 6) is -0.639. The van der Waals surface area contributed by atoms with Crippen molar-refractivity contribution in [3.8, 4) is 5.69 Å². The average Bonchev–Trinajstić information content (AvgIpc) is 3.20. The molecular formula is C27H32F2N4O2. The van der Waals surface area contributed by atoms with Crippen molar-refractivity contribution in [2.75, 3.05) is 26.8 Å². The summed E-state index contributed by atoms with van der Waals surface area (Å²) in [4.78, 5) is 17.0. The van der Waals surface area contributed by atoms with Crippen molar-refractivity contribution in [3.05, 3.63) is 82.7 Å². The van der Waals surface area contributed by atoms with E-state index in [0.717, 1.165) is 41.2 Å². The Labute approximate surface area is 205 Å². The Morgan fingerprint density at radius 3 is 2.37 bits per heavy atom. The highest BCUT2D eigenvalue weighted by Crippen LogP contribution is 2.28. The summed E-state index contributed by atoms with van der Waals surface area (Å²) < 4.78 is 34.0. The largest absolute Gasteiger partial charge is 0.383 e. The number of nitrogens with zero attached hydrogens (tertiary/aromatic N) is 4. The number of halogens is 2. The molecule has 0 atom stereocenters. The Kier molecular flexibility index (Phi) is 7.93. The minimum Gasteiger partial charge on any atom is -0.383 e. The number of amides is 1. The lowest BCUT2D eigenvalue weighted by Crippen LogP contribution is -2.37. The number of rotatable bonds is 9. The summed E-state index contributed by atoms with van der Waals surface area (Å²) >= 11 is 0. The number of ether oxygens (including phenoxy) is 1. The summed E-state index contributed by atoms with van der Waals surface area (Å²) in [6.45, 7) is 7.24. The van der Waals surface area contributed by atoms with Crippen molar-refractivity contribution in [1.29, 1.82) is 0 Å². The Bertz CT molecular complexity index is 1140. The molecule has 0 N–H and O–H groups in total. The highest BCUT2D eigenvalue weighted by atomic mass is 19.1. The molecule has 6 nitrogen and oxygen atoms in total. The molecule has 0 fully saturated rings. The molecule has 0 saturated heterocycles. The molecule has 2 heterocycles. The van der Waals surface area contributed by atoms with Gasteiger partial charge in [-0.1, -0.05) is 26.0 Å². The fourth-order valence-electron chi connectivity index (χ4n) is 4.46. The SMILES string of the molecule is COCCN(Cc1nn(-c2ccc(F)cc2)c2c1CN(Cc1ccc(F)cc1)CC2)C(=O)C(C)C. The second-order valence-electron chi connectivity index (χ2n) is 9.25. The van der Waals surface area contributed by atoms with E-state index in [1.165, 1.54) is 24.3 Å². The maximum atomic E-state index is 13.6. The second kappa shape index (κ2) is 11.1. The van der Waals surface area contributed by atoms with Crippen LogP contribution in [0.5, 0.6) is 0 Å². The number of methoxy groups -OCH3 is 1. The number of hydrogen-bond acceptors (Lipinski definition) is 4. The smallest absolute Gasteiger partial charge is 0.225 e. The number of aromatic nitrogens is 2. The summed E-state index contributed by atoms with van der Waals surface area (Å²) in [6.07, 6.45) is 0.761. The summed E-state index contributed by atoms with van der Waals surface area (Å²) in [5, 5.41) is 4.92. The average molecular weight is 483 g/mol. The predicted molar refractivity (Wildman–Crippen MR) is 130 cm³/mol. The van der Waals surface area contributed by atoms with E-state index in [9.17, 15) is 13.6 Å². The standard InChI is InChI=1S/C27H32F2N4O2/c1-19(2)27(34)32(14-15-35-3)18-25-24-17-31(16-20-4-6-21(28)7-5-20)13-12-26(24)33(30-25)23-10-8-22(29)9-11-23/h4-11,19H,12-18H2,1-3H3. The van der Waals surface area contributed by atoms with Crippen molar-refractivity contribution in [3.63, 3.8) is 0 Å². The first-order chi connectivity index (χ1) is 16.9. The molecule has 0 aliphatic carbocycles. The van der Waals surface area contributed by atoms with E-state index >= 15 is 0 Å². The molecule has 0 radical (unpaired) electrons. The van der Waals surface area contributed by atoms with Gasteiger partial charge in [-0.2, -0.15) is 5.10 Å². The van der Waals surface area contributed by atoms with Crippen molar-refractivity contribution in [2.45, 2.75) is 39.9 Å². The lowest BCUT2D eigenvalue weighted by molar-refractivity contribution is -0.135. The van der Waals surface area contributed by atoms with Crippen LogP contribution in [0.1, 0.15) is 36.4 Å². The van der Waals surface area contributed by atoms with E-state index in [-0.39, 0.29) is 23.5 Å². The van der Waals surface area contributed by atoms with Crippen LogP contribution in [0.4, 0.5) is 8.78 Å². The first-order valence-electron chi connectivity index (χ1n) is 12.0. The summed E-state index contributed by atoms with van der Waals surface area (Å²) in [7, 11) is 1.62. The second-order valence-corrected chi connectivity index (χ2v) is 9.25. The first-order valence-corrected chi connectivity index (χ1v) is 12.0. The zero-order valence-electron chi connectivity index (χ0n) is 20.5. The highest BCUT2D eigenvalue weighted by Gasteiger charge is 2.28. The van der Waals surface area contributed by atoms with Crippen LogP contribution >= 0.6 is 0 Å². The Balaban J connectivity index is 1.66. The van der Waals surface area contributed by atoms with Gasteiger partial charge in [0.15, 0.2) is 0 Å². The van der Waals surface area contributed by atoms with E-state index in [2.05, 4.69) is 4.90 Å². The number of carbonyl (C=O) groups excluding carboxylic acids is 1. The Morgan fingerprint density at radius 2 is 1.74 bits per heavy atom. The van der Waals surface area contributed by atoms with Gasteiger partial charge >= 0.3 is 0 Å². The summed E-state index contributed by atoms with van der Waals surface area (Å²) in [5.41, 5.74) is 4.82. The van der Waals surface area contributed by atoms with Gasteiger partial charge in [-0.3, -0.25) is 9.69 Å². The number of carbonyl (C=O) groups is 1. The van der Waals surface area contributed by atoms with Crippen LogP contribution < -0.4 is 0 Å². The molecule has 0 saturated carbocycles. The van der Waals surface area contributed by atoms with Crippen LogP contribution in [0.2, 0.25) is 0 Å². The first kappa shape index (κ1) is 25.0. The minimum absolute atomic E-state index is 0.0473. The number of fused-ring (bicyclic) bond motifs is 1. The molecule has 4 rings (SSSR count). The quantitative estimate of drug-likeness (QED) is 0.455. The van der Waals surface area contributed by atoms with Crippen molar-refractivity contribution in [2.24, 2.45) is 5.92 Å². The molecule has 35 heavy (non-hydrogen) atoms. The van der Waals surface area contributed by atoms with Crippen LogP contribution in [0, 0.1) is 17.6 Å². The zero-order valence-corrected chi connectivity index (χ0v) is 20.5. The molecule has 0 unspecified atom stereocenters. The maximum Gasteiger partial charge on any atom is 0.225 e. The van der Waals surface area contributed by atoms with Crippen molar-refractivity contribution < 1.29 is 18.3 Å². The van der Waals surface area contributed by atoms with Gasteiger partial charge in [0.1, 0.15) is 11.6 Å². The molecule has 8 heteroatoms. The molecule has 0 bridgehead atoms. The molecule has 2 aromatic carbocycles. The third-order valence-corrected chi connectivity index (χ3v) is 6.32. The molecule has 1 aliphatic rings. The van der Waals surface area contributed by atoms with Crippen LogP contribution in [0.3, 0.4) is 0 Å². The van der Waals surface area contributed by atoms with E-state index in [4.69, 9.17) is 9.84 Å².